The molecule has 11 heteroatoms. The number of hydrogen-bond donors (Lipinski definition) is 2. The molecule has 3 aromatic heterocycles. The molecule has 0 aliphatic carbocycles. The zero-order chi connectivity index (χ0) is 17.1. The Kier molecular flexibility index (Phi) is 5.23. The third-order valence-corrected chi connectivity index (χ3v) is 5.45. The van der Waals surface area contributed by atoms with Gasteiger partial charge in [-0.3, -0.25) is 14.9 Å². The summed E-state index contributed by atoms with van der Waals surface area (Å²) in [7, 11) is 1.57. The Labute approximate surface area is 148 Å². The number of rotatable bonds is 6. The highest BCUT2D eigenvalue weighted by Gasteiger charge is 2.11. The minimum atomic E-state index is -0.245. The summed E-state index contributed by atoms with van der Waals surface area (Å²) in [6, 6.07) is 1.81. The average molecular weight is 383 g/mol. The number of methoxy groups -OCH3 is 1. The summed E-state index contributed by atoms with van der Waals surface area (Å²) >= 11 is 3.87. The Hall–Kier alpha value is -1.82. The van der Waals surface area contributed by atoms with Crippen molar-refractivity contribution in [3.8, 4) is 0 Å². The molecule has 0 saturated heterocycles. The molecule has 0 saturated carbocycles. The lowest BCUT2D eigenvalue weighted by Crippen LogP contribution is -2.15. The topological polar surface area (TPSA) is 110 Å². The first-order chi connectivity index (χ1) is 11.5. The van der Waals surface area contributed by atoms with Gasteiger partial charge >= 0.3 is 0 Å². The molecule has 8 nitrogen and oxygen atoms in total. The molecule has 3 rings (SSSR count). The summed E-state index contributed by atoms with van der Waals surface area (Å²) < 4.78 is 4.95. The fourth-order valence-electron chi connectivity index (χ4n) is 1.88. The Morgan fingerprint density at radius 1 is 1.42 bits per heavy atom. The molecule has 126 valence electrons. The molecule has 3 heterocycles. The first-order valence-corrected chi connectivity index (χ1v) is 9.41. The number of thioether (sulfide) groups is 1. The molecular formula is C13H13N5O3S3. The normalized spacial score (nSPS) is 11.1. The van der Waals surface area contributed by atoms with Crippen molar-refractivity contribution in [3.05, 3.63) is 26.3 Å². The number of carbonyl (C=O) groups excluding carboxylic acids is 1. The molecule has 3 aromatic rings. The number of aromatic nitrogens is 4. The highest BCUT2D eigenvalue weighted by molar-refractivity contribution is 7.99. The summed E-state index contributed by atoms with van der Waals surface area (Å²) in [4.78, 5) is 32.7. The summed E-state index contributed by atoms with van der Waals surface area (Å²) in [5.41, 5.74) is -0.194. The molecule has 0 spiro atoms. The molecular weight excluding hydrogens is 370 g/mol. The third-order valence-electron chi connectivity index (χ3n) is 2.82. The van der Waals surface area contributed by atoms with Crippen molar-refractivity contribution >= 4 is 55.7 Å². The quantitative estimate of drug-likeness (QED) is 0.495. The fraction of sp³-hybridized carbons (Fsp3) is 0.308. The van der Waals surface area contributed by atoms with Crippen LogP contribution >= 0.6 is 34.4 Å². The van der Waals surface area contributed by atoms with Gasteiger partial charge in [-0.15, -0.1) is 21.5 Å². The first-order valence-electron chi connectivity index (χ1n) is 6.79. The Morgan fingerprint density at radius 2 is 2.25 bits per heavy atom. The molecule has 0 bridgehead atoms. The molecule has 0 aliphatic heterocycles. The van der Waals surface area contributed by atoms with Crippen LogP contribution in [-0.4, -0.2) is 38.9 Å². The van der Waals surface area contributed by atoms with E-state index in [0.29, 0.717) is 32.1 Å². The van der Waals surface area contributed by atoms with Gasteiger partial charge in [-0.05, 0) is 13.0 Å². The maximum atomic E-state index is 12.0. The van der Waals surface area contributed by atoms with Gasteiger partial charge in [-0.1, -0.05) is 23.1 Å². The van der Waals surface area contributed by atoms with Crippen LogP contribution in [0.3, 0.4) is 0 Å². The van der Waals surface area contributed by atoms with Crippen molar-refractivity contribution in [2.75, 3.05) is 18.2 Å². The van der Waals surface area contributed by atoms with E-state index < -0.39 is 0 Å². The summed E-state index contributed by atoms with van der Waals surface area (Å²) in [6.45, 7) is 2.28. The van der Waals surface area contributed by atoms with Crippen LogP contribution in [-0.2, 0) is 16.1 Å². The minimum Gasteiger partial charge on any atom is -0.377 e. The van der Waals surface area contributed by atoms with Crippen LogP contribution in [0.25, 0.3) is 10.2 Å². The van der Waals surface area contributed by atoms with Gasteiger partial charge < -0.3 is 9.72 Å². The highest BCUT2D eigenvalue weighted by Crippen LogP contribution is 2.22. The van der Waals surface area contributed by atoms with Gasteiger partial charge in [0.05, 0.1) is 11.1 Å². The van der Waals surface area contributed by atoms with E-state index in [1.54, 1.807) is 13.2 Å². The van der Waals surface area contributed by atoms with Gasteiger partial charge in [0.2, 0.25) is 11.0 Å². The number of fused-ring (bicyclic) bond motifs is 1. The van der Waals surface area contributed by atoms with E-state index >= 15 is 0 Å². The zero-order valence-electron chi connectivity index (χ0n) is 12.8. The SMILES string of the molecule is COCc1nnc(NC(=O)CSc2nc3sc(C)cc3c(=O)[nH]2)s1. The third kappa shape index (κ3) is 3.98. The highest BCUT2D eigenvalue weighted by atomic mass is 32.2. The Morgan fingerprint density at radius 3 is 3.04 bits per heavy atom. The van der Waals surface area contributed by atoms with Gasteiger partial charge in [-0.25, -0.2) is 4.98 Å². The van der Waals surface area contributed by atoms with E-state index in [0.717, 1.165) is 16.6 Å². The largest absolute Gasteiger partial charge is 0.377 e. The molecule has 0 aliphatic rings. The van der Waals surface area contributed by atoms with Crippen LogP contribution in [0.2, 0.25) is 0 Å². The number of H-pyrrole nitrogens is 1. The van der Waals surface area contributed by atoms with Crippen molar-refractivity contribution in [2.45, 2.75) is 18.7 Å². The second kappa shape index (κ2) is 7.38. The van der Waals surface area contributed by atoms with Crippen molar-refractivity contribution in [1.82, 2.24) is 20.2 Å². The van der Waals surface area contributed by atoms with Crippen LogP contribution in [0.1, 0.15) is 9.88 Å². The maximum Gasteiger partial charge on any atom is 0.260 e. The lowest BCUT2D eigenvalue weighted by atomic mass is 10.4. The lowest BCUT2D eigenvalue weighted by molar-refractivity contribution is -0.113. The van der Waals surface area contributed by atoms with Crippen LogP contribution in [0.4, 0.5) is 5.13 Å². The summed E-state index contributed by atoms with van der Waals surface area (Å²) in [6.07, 6.45) is 0. The number of nitrogens with zero attached hydrogens (tertiary/aromatic N) is 3. The number of carbonyl (C=O) groups is 1. The van der Waals surface area contributed by atoms with Crippen LogP contribution in [0.15, 0.2) is 16.0 Å². The Balaban J connectivity index is 1.62. The molecule has 24 heavy (non-hydrogen) atoms. The van der Waals surface area contributed by atoms with E-state index in [9.17, 15) is 9.59 Å². The predicted octanol–water partition coefficient (Wildman–Crippen LogP) is 2.02. The minimum absolute atomic E-state index is 0.109. The van der Waals surface area contributed by atoms with Crippen molar-refractivity contribution in [3.63, 3.8) is 0 Å². The number of aryl methyl sites for hydroxylation is 1. The molecule has 2 N–H and O–H groups in total. The van der Waals surface area contributed by atoms with E-state index in [4.69, 9.17) is 4.74 Å². The van der Waals surface area contributed by atoms with Gasteiger partial charge in [0, 0.05) is 12.0 Å². The average Bonchev–Trinajstić information content (AvgIpc) is 3.12. The van der Waals surface area contributed by atoms with Crippen LogP contribution in [0.5, 0.6) is 0 Å². The number of thiophene rings is 1. The second-order valence-corrected chi connectivity index (χ2v) is 7.98. The molecule has 1 amide bonds. The Bertz CT molecular complexity index is 932. The number of ether oxygens (including phenoxy) is 1. The molecule has 0 unspecified atom stereocenters. The smallest absolute Gasteiger partial charge is 0.260 e. The monoisotopic (exact) mass is 383 g/mol. The van der Waals surface area contributed by atoms with Gasteiger partial charge in [0.1, 0.15) is 16.4 Å². The van der Waals surface area contributed by atoms with Crippen LogP contribution in [0, 0.1) is 6.92 Å². The fourth-order valence-corrected chi connectivity index (χ4v) is 4.20. The van der Waals surface area contributed by atoms with Crippen molar-refractivity contribution in [2.24, 2.45) is 0 Å². The molecule has 0 aromatic carbocycles. The first kappa shape index (κ1) is 17.0. The van der Waals surface area contributed by atoms with E-state index in [1.807, 2.05) is 6.92 Å². The number of anilines is 1. The number of nitrogens with one attached hydrogen (secondary N) is 2. The summed E-state index contributed by atoms with van der Waals surface area (Å²) in [5.74, 6) is -0.136. The molecule has 0 atom stereocenters. The van der Waals surface area contributed by atoms with Crippen molar-refractivity contribution in [1.29, 1.82) is 0 Å². The second-order valence-electron chi connectivity index (χ2n) is 4.72. The van der Waals surface area contributed by atoms with E-state index in [1.165, 1.54) is 22.7 Å². The van der Waals surface area contributed by atoms with Crippen LogP contribution < -0.4 is 10.9 Å². The number of aromatic amines is 1. The number of hydrogen-bond acceptors (Lipinski definition) is 9. The zero-order valence-corrected chi connectivity index (χ0v) is 15.2. The van der Waals surface area contributed by atoms with E-state index in [2.05, 4.69) is 25.5 Å². The van der Waals surface area contributed by atoms with Crippen molar-refractivity contribution < 1.29 is 9.53 Å². The van der Waals surface area contributed by atoms with Gasteiger partial charge in [0.15, 0.2) is 5.16 Å². The van der Waals surface area contributed by atoms with Gasteiger partial charge in [0.25, 0.3) is 5.56 Å². The summed E-state index contributed by atoms with van der Waals surface area (Å²) in [5, 5.41) is 12.5. The van der Waals surface area contributed by atoms with E-state index in [-0.39, 0.29) is 17.2 Å². The lowest BCUT2D eigenvalue weighted by Gasteiger charge is -2.01. The molecule has 0 radical (unpaired) electrons. The number of amides is 1. The maximum absolute atomic E-state index is 12.0. The predicted molar refractivity (Wildman–Crippen MR) is 95.0 cm³/mol. The molecule has 0 fully saturated rings. The van der Waals surface area contributed by atoms with Gasteiger partial charge in [-0.2, -0.15) is 0 Å². The standard InChI is InChI=1S/C13H13N5O3S3/c1-6-3-7-10(20)15-12(16-11(7)23-6)22-5-8(19)14-13-18-17-9(24-13)4-21-2/h3H,4-5H2,1-2H3,(H,14,18,19)(H,15,16,20).